The van der Waals surface area contributed by atoms with Gasteiger partial charge in [0.25, 0.3) is 11.7 Å². The molecule has 0 saturated carbocycles. The third-order valence-corrected chi connectivity index (χ3v) is 4.99. The zero-order valence-corrected chi connectivity index (χ0v) is 16.7. The minimum Gasteiger partial charge on any atom is -0.481 e. The highest BCUT2D eigenvalue weighted by Gasteiger charge is 2.26. The molecule has 150 valence electrons. The number of amides is 1. The molecule has 0 atom stereocenters. The largest absolute Gasteiger partial charge is 0.481 e. The Morgan fingerprint density at radius 1 is 1.10 bits per heavy atom. The van der Waals surface area contributed by atoms with Crippen molar-refractivity contribution < 1.29 is 23.9 Å². The fourth-order valence-electron chi connectivity index (χ4n) is 3.21. The van der Waals surface area contributed by atoms with Crippen LogP contribution >= 0.6 is 11.6 Å². The van der Waals surface area contributed by atoms with Gasteiger partial charge in [-0.2, -0.15) is 0 Å². The maximum absolute atomic E-state index is 12.6. The highest BCUT2D eigenvalue weighted by atomic mass is 35.5. The number of nitrogens with zero attached hydrogens (tertiary/aromatic N) is 1. The average Bonchev–Trinajstić information content (AvgIpc) is 2.99. The van der Waals surface area contributed by atoms with E-state index in [2.05, 4.69) is 4.74 Å². The number of halogens is 1. The molecule has 2 aromatic carbocycles. The lowest BCUT2D eigenvalue weighted by molar-refractivity contribution is -0.142. The molecule has 2 N–H and O–H groups in total. The van der Waals surface area contributed by atoms with Crippen molar-refractivity contribution >= 4 is 40.2 Å². The smallest absolute Gasteiger partial charge is 0.343 e. The predicted molar refractivity (Wildman–Crippen MR) is 108 cm³/mol. The van der Waals surface area contributed by atoms with E-state index in [-0.39, 0.29) is 17.9 Å². The predicted octanol–water partition coefficient (Wildman–Crippen LogP) is 2.87. The Labute approximate surface area is 171 Å². The number of esters is 1. The molecule has 0 aliphatic heterocycles. The van der Waals surface area contributed by atoms with E-state index in [1.807, 2.05) is 22.8 Å². The van der Waals surface area contributed by atoms with Gasteiger partial charge in [0.15, 0.2) is 6.61 Å². The van der Waals surface area contributed by atoms with E-state index in [1.165, 1.54) is 7.11 Å². The topological polar surface area (TPSA) is 101 Å². The minimum absolute atomic E-state index is 0.139. The van der Waals surface area contributed by atoms with Crippen LogP contribution in [0.15, 0.2) is 42.5 Å². The summed E-state index contributed by atoms with van der Waals surface area (Å²) in [5.74, 6) is -2.21. The molecule has 7 nitrogen and oxygen atoms in total. The Morgan fingerprint density at radius 2 is 1.83 bits per heavy atom. The monoisotopic (exact) mass is 414 g/mol. The van der Waals surface area contributed by atoms with Gasteiger partial charge in [0.05, 0.1) is 23.6 Å². The number of benzene rings is 2. The van der Waals surface area contributed by atoms with Crippen molar-refractivity contribution in [3.05, 3.63) is 64.3 Å². The quantitative estimate of drug-likeness (QED) is 0.364. The van der Waals surface area contributed by atoms with Gasteiger partial charge in [0, 0.05) is 17.3 Å². The van der Waals surface area contributed by atoms with Gasteiger partial charge in [-0.1, -0.05) is 35.9 Å². The maximum Gasteiger partial charge on any atom is 0.343 e. The Morgan fingerprint density at radius 3 is 2.48 bits per heavy atom. The second kappa shape index (κ2) is 8.36. The van der Waals surface area contributed by atoms with Crippen molar-refractivity contribution in [3.8, 4) is 5.75 Å². The number of fused-ring (bicyclic) bond motifs is 1. The zero-order valence-electron chi connectivity index (χ0n) is 15.9. The number of ketones is 1. The van der Waals surface area contributed by atoms with Crippen molar-refractivity contribution in [2.24, 2.45) is 5.73 Å². The lowest BCUT2D eigenvalue weighted by Crippen LogP contribution is -2.24. The van der Waals surface area contributed by atoms with Gasteiger partial charge in [0.1, 0.15) is 5.75 Å². The van der Waals surface area contributed by atoms with Crippen LogP contribution < -0.4 is 10.5 Å². The number of methoxy groups -OCH3 is 1. The highest BCUT2D eigenvalue weighted by molar-refractivity contribution is 6.45. The second-order valence-electron chi connectivity index (χ2n) is 6.35. The van der Waals surface area contributed by atoms with Crippen LogP contribution in [0.5, 0.6) is 5.75 Å². The van der Waals surface area contributed by atoms with Gasteiger partial charge in [-0.25, -0.2) is 4.79 Å². The lowest BCUT2D eigenvalue weighted by atomic mass is 10.1. The number of hydrogen-bond donors (Lipinski definition) is 1. The fraction of sp³-hybridized carbons (Fsp3) is 0.190. The van der Waals surface area contributed by atoms with E-state index >= 15 is 0 Å². The molecular weight excluding hydrogens is 396 g/mol. The number of ether oxygens (including phenoxy) is 2. The number of nitrogens with two attached hydrogens (primary N) is 1. The van der Waals surface area contributed by atoms with E-state index in [0.29, 0.717) is 28.2 Å². The van der Waals surface area contributed by atoms with Gasteiger partial charge < -0.3 is 19.8 Å². The summed E-state index contributed by atoms with van der Waals surface area (Å²) in [5, 5.41) is 0.986. The normalized spacial score (nSPS) is 10.7. The summed E-state index contributed by atoms with van der Waals surface area (Å²) in [5.41, 5.74) is 7.44. The van der Waals surface area contributed by atoms with Crippen LogP contribution in [0.3, 0.4) is 0 Å². The molecule has 0 saturated heterocycles. The SMILES string of the molecule is COC(=O)COc1cccc2c1c(C(=O)C(N)=O)c(C)n2Cc1ccccc1Cl. The second-order valence-corrected chi connectivity index (χ2v) is 6.75. The van der Waals surface area contributed by atoms with Crippen LogP contribution in [0.1, 0.15) is 21.6 Å². The number of primary amides is 1. The summed E-state index contributed by atoms with van der Waals surface area (Å²) in [6.07, 6.45) is 0. The van der Waals surface area contributed by atoms with E-state index in [4.69, 9.17) is 22.1 Å². The first-order valence-electron chi connectivity index (χ1n) is 8.74. The van der Waals surface area contributed by atoms with Gasteiger partial charge in [-0.3, -0.25) is 9.59 Å². The first kappa shape index (κ1) is 20.4. The fourth-order valence-corrected chi connectivity index (χ4v) is 3.41. The average molecular weight is 415 g/mol. The molecule has 3 rings (SSSR count). The van der Waals surface area contributed by atoms with E-state index in [9.17, 15) is 14.4 Å². The molecule has 3 aromatic rings. The lowest BCUT2D eigenvalue weighted by Gasteiger charge is -2.11. The van der Waals surface area contributed by atoms with Gasteiger partial charge in [0.2, 0.25) is 0 Å². The number of carbonyl (C=O) groups is 3. The molecule has 0 fully saturated rings. The van der Waals surface area contributed by atoms with Crippen LogP contribution in [0.4, 0.5) is 0 Å². The molecule has 0 spiro atoms. The van der Waals surface area contributed by atoms with Crippen LogP contribution in [0.25, 0.3) is 10.9 Å². The summed E-state index contributed by atoms with van der Waals surface area (Å²) < 4.78 is 12.0. The van der Waals surface area contributed by atoms with Gasteiger partial charge in [-0.15, -0.1) is 0 Å². The Hall–Kier alpha value is -3.32. The molecule has 1 amide bonds. The molecule has 0 unspecified atom stereocenters. The molecule has 1 aromatic heterocycles. The molecule has 1 heterocycles. The van der Waals surface area contributed by atoms with Crippen LogP contribution in [-0.2, 0) is 20.9 Å². The number of hydrogen-bond acceptors (Lipinski definition) is 5. The van der Waals surface area contributed by atoms with E-state index < -0.39 is 17.7 Å². The van der Waals surface area contributed by atoms with E-state index in [1.54, 1.807) is 31.2 Å². The molecular formula is C21H19ClN2O5. The summed E-state index contributed by atoms with van der Waals surface area (Å²) in [4.78, 5) is 35.8. The molecule has 0 aliphatic rings. The zero-order chi connectivity index (χ0) is 21.1. The van der Waals surface area contributed by atoms with E-state index in [0.717, 1.165) is 5.56 Å². The molecule has 0 radical (unpaired) electrons. The van der Waals surface area contributed by atoms with Crippen molar-refractivity contribution in [1.82, 2.24) is 4.57 Å². The molecule has 0 aliphatic carbocycles. The third kappa shape index (κ3) is 3.95. The van der Waals surface area contributed by atoms with Crippen molar-refractivity contribution in [3.63, 3.8) is 0 Å². The van der Waals surface area contributed by atoms with Crippen LogP contribution in [-0.4, -0.2) is 35.9 Å². The standard InChI is InChI=1S/C21H19ClN2O5/c1-12-18(20(26)21(23)27)19-15(8-5-9-16(19)29-11-17(25)28-2)24(12)10-13-6-3-4-7-14(13)22/h3-9H,10-11H2,1-2H3,(H2,23,27). The first-order chi connectivity index (χ1) is 13.8. The highest BCUT2D eigenvalue weighted by Crippen LogP contribution is 2.35. The van der Waals surface area contributed by atoms with Gasteiger partial charge in [-0.05, 0) is 30.7 Å². The summed E-state index contributed by atoms with van der Waals surface area (Å²) in [6, 6.07) is 12.5. The first-order valence-corrected chi connectivity index (χ1v) is 9.12. The summed E-state index contributed by atoms with van der Waals surface area (Å²) in [7, 11) is 1.25. The number of aromatic nitrogens is 1. The Balaban J connectivity index is 2.21. The number of rotatable bonds is 7. The van der Waals surface area contributed by atoms with Crippen LogP contribution in [0, 0.1) is 6.92 Å². The van der Waals surface area contributed by atoms with Crippen molar-refractivity contribution in [2.75, 3.05) is 13.7 Å². The Kier molecular flexibility index (Phi) is 5.89. The maximum atomic E-state index is 12.6. The van der Waals surface area contributed by atoms with Crippen molar-refractivity contribution in [1.29, 1.82) is 0 Å². The molecule has 29 heavy (non-hydrogen) atoms. The third-order valence-electron chi connectivity index (χ3n) is 4.62. The Bertz CT molecular complexity index is 1120. The minimum atomic E-state index is -1.08. The summed E-state index contributed by atoms with van der Waals surface area (Å²) in [6.45, 7) is 1.75. The molecule has 0 bridgehead atoms. The van der Waals surface area contributed by atoms with Crippen LogP contribution in [0.2, 0.25) is 5.02 Å². The van der Waals surface area contributed by atoms with Gasteiger partial charge >= 0.3 is 5.97 Å². The number of carbonyl (C=O) groups excluding carboxylic acids is 3. The summed E-state index contributed by atoms with van der Waals surface area (Å²) >= 11 is 6.30. The van der Waals surface area contributed by atoms with Crippen molar-refractivity contribution in [2.45, 2.75) is 13.5 Å². The number of Topliss-reactive ketones (excluding diaryl/α,β-unsaturated/α-hetero) is 1. The molecule has 8 heteroatoms.